The maximum atomic E-state index is 10.9. The van der Waals surface area contributed by atoms with Crippen LogP contribution >= 0.6 is 0 Å². The first-order valence-corrected chi connectivity index (χ1v) is 5.14. The lowest BCUT2D eigenvalue weighted by atomic mass is 9.99. The Morgan fingerprint density at radius 2 is 1.94 bits per heavy atom. The van der Waals surface area contributed by atoms with Crippen LogP contribution in [0.1, 0.15) is 16.7 Å². The minimum absolute atomic E-state index is 0.402. The van der Waals surface area contributed by atoms with Gasteiger partial charge in [0.2, 0.25) is 5.91 Å². The number of ether oxygens (including phenoxy) is 1. The molecule has 0 radical (unpaired) electrons. The number of benzene rings is 1. The molecule has 0 spiro atoms. The Bertz CT molecular complexity index is 402. The number of aryl methyl sites for hydroxylation is 2. The molecule has 16 heavy (non-hydrogen) atoms. The summed E-state index contributed by atoms with van der Waals surface area (Å²) in [6.45, 7) is 4.02. The smallest absolute Gasteiger partial charge is 0.234 e. The highest BCUT2D eigenvalue weighted by molar-refractivity contribution is 5.80. The van der Waals surface area contributed by atoms with Crippen molar-refractivity contribution in [3.8, 4) is 5.75 Å². The van der Waals surface area contributed by atoms with Crippen molar-refractivity contribution in [3.05, 3.63) is 28.8 Å². The molecule has 0 fully saturated rings. The monoisotopic (exact) mass is 222 g/mol. The molecule has 1 amide bonds. The lowest BCUT2D eigenvalue weighted by Gasteiger charge is -2.14. The van der Waals surface area contributed by atoms with Crippen LogP contribution in [0, 0.1) is 13.8 Å². The Labute approximate surface area is 95.6 Å². The van der Waals surface area contributed by atoms with Crippen LogP contribution in [-0.2, 0) is 11.2 Å². The average molecular weight is 222 g/mol. The Morgan fingerprint density at radius 3 is 2.44 bits per heavy atom. The number of hydrogen-bond donors (Lipinski definition) is 2. The van der Waals surface area contributed by atoms with Gasteiger partial charge in [-0.05, 0) is 36.6 Å². The lowest BCUT2D eigenvalue weighted by molar-refractivity contribution is -0.119. The minimum Gasteiger partial charge on any atom is -0.496 e. The zero-order valence-electron chi connectivity index (χ0n) is 9.91. The summed E-state index contributed by atoms with van der Waals surface area (Å²) in [4.78, 5) is 10.9. The second-order valence-electron chi connectivity index (χ2n) is 3.96. The second-order valence-corrected chi connectivity index (χ2v) is 3.96. The summed E-state index contributed by atoms with van der Waals surface area (Å²) in [5, 5.41) is 0. The third-order valence-electron chi connectivity index (χ3n) is 2.70. The minimum atomic E-state index is -0.670. The molecular weight excluding hydrogens is 204 g/mol. The molecule has 4 heteroatoms. The van der Waals surface area contributed by atoms with Crippen molar-refractivity contribution in [2.75, 3.05) is 7.11 Å². The van der Waals surface area contributed by atoms with Crippen LogP contribution < -0.4 is 16.2 Å². The number of carbonyl (C=O) groups excluding carboxylic acids is 1. The third kappa shape index (κ3) is 2.73. The molecule has 1 aromatic rings. The van der Waals surface area contributed by atoms with E-state index in [4.69, 9.17) is 16.2 Å². The summed E-state index contributed by atoms with van der Waals surface area (Å²) in [6, 6.07) is 3.26. The molecule has 0 heterocycles. The Morgan fingerprint density at radius 1 is 1.38 bits per heavy atom. The van der Waals surface area contributed by atoms with Gasteiger partial charge < -0.3 is 16.2 Å². The first kappa shape index (κ1) is 12.5. The number of nitrogens with two attached hydrogens (primary N) is 2. The summed E-state index contributed by atoms with van der Waals surface area (Å²) < 4.78 is 5.25. The molecule has 0 aliphatic heterocycles. The van der Waals surface area contributed by atoms with Crippen molar-refractivity contribution in [3.63, 3.8) is 0 Å². The molecule has 0 aliphatic carbocycles. The molecule has 1 rings (SSSR count). The summed E-state index contributed by atoms with van der Waals surface area (Å²) in [6.07, 6.45) is 0.402. The number of methoxy groups -OCH3 is 1. The zero-order chi connectivity index (χ0) is 12.3. The molecule has 1 aromatic carbocycles. The second kappa shape index (κ2) is 4.99. The van der Waals surface area contributed by atoms with Crippen molar-refractivity contribution < 1.29 is 9.53 Å². The highest BCUT2D eigenvalue weighted by Crippen LogP contribution is 2.23. The quantitative estimate of drug-likeness (QED) is 0.785. The van der Waals surface area contributed by atoms with E-state index in [2.05, 4.69) is 0 Å². The van der Waals surface area contributed by atoms with Gasteiger partial charge in [-0.15, -0.1) is 0 Å². The maximum Gasteiger partial charge on any atom is 0.234 e. The fraction of sp³-hybridized carbons (Fsp3) is 0.417. The van der Waals surface area contributed by atoms with Gasteiger partial charge in [-0.3, -0.25) is 4.79 Å². The van der Waals surface area contributed by atoms with Crippen molar-refractivity contribution in [1.82, 2.24) is 0 Å². The molecular formula is C12H18N2O2. The fourth-order valence-electron chi connectivity index (χ4n) is 1.54. The Balaban J connectivity index is 3.03. The largest absolute Gasteiger partial charge is 0.496 e. The van der Waals surface area contributed by atoms with Gasteiger partial charge in [0.25, 0.3) is 0 Å². The zero-order valence-corrected chi connectivity index (χ0v) is 9.91. The average Bonchev–Trinajstić information content (AvgIpc) is 2.22. The number of hydrogen-bond acceptors (Lipinski definition) is 3. The highest BCUT2D eigenvalue weighted by Gasteiger charge is 2.14. The van der Waals surface area contributed by atoms with Crippen molar-refractivity contribution >= 4 is 5.91 Å². The highest BCUT2D eigenvalue weighted by atomic mass is 16.5. The number of amides is 1. The van der Waals surface area contributed by atoms with Gasteiger partial charge in [-0.2, -0.15) is 0 Å². The number of primary amides is 1. The van der Waals surface area contributed by atoms with E-state index in [1.54, 1.807) is 7.11 Å². The summed E-state index contributed by atoms with van der Waals surface area (Å²) in [5.74, 6) is 0.250. The molecule has 4 N–H and O–H groups in total. The molecule has 0 bridgehead atoms. The van der Waals surface area contributed by atoms with Crippen LogP contribution in [0.5, 0.6) is 5.75 Å². The van der Waals surface area contributed by atoms with E-state index in [9.17, 15) is 4.79 Å². The topological polar surface area (TPSA) is 78.3 Å². The maximum absolute atomic E-state index is 10.9. The number of carbonyl (C=O) groups is 1. The predicted octanol–water partition coefficient (Wildman–Crippen LogP) is 0.667. The first-order valence-electron chi connectivity index (χ1n) is 5.14. The van der Waals surface area contributed by atoms with Crippen LogP contribution in [0.2, 0.25) is 0 Å². The number of rotatable bonds is 4. The van der Waals surface area contributed by atoms with Gasteiger partial charge in [0, 0.05) is 6.42 Å². The molecule has 0 aromatic heterocycles. The SMILES string of the molecule is COc1cc(C)c(C)cc1CC(N)C(N)=O. The van der Waals surface area contributed by atoms with Gasteiger partial charge in [-0.1, -0.05) is 6.07 Å². The van der Waals surface area contributed by atoms with Crippen LogP contribution in [0.3, 0.4) is 0 Å². The van der Waals surface area contributed by atoms with Gasteiger partial charge >= 0.3 is 0 Å². The summed E-state index contributed by atoms with van der Waals surface area (Å²) in [5.41, 5.74) is 14.0. The van der Waals surface area contributed by atoms with Crippen LogP contribution in [0.15, 0.2) is 12.1 Å². The van der Waals surface area contributed by atoms with Crippen LogP contribution in [-0.4, -0.2) is 19.1 Å². The van der Waals surface area contributed by atoms with Gasteiger partial charge in [0.05, 0.1) is 13.2 Å². The predicted molar refractivity (Wildman–Crippen MR) is 63.3 cm³/mol. The van der Waals surface area contributed by atoms with Crippen molar-refractivity contribution in [2.45, 2.75) is 26.3 Å². The van der Waals surface area contributed by atoms with E-state index in [0.717, 1.165) is 22.4 Å². The Hall–Kier alpha value is -1.55. The van der Waals surface area contributed by atoms with Crippen LogP contribution in [0.4, 0.5) is 0 Å². The normalized spacial score (nSPS) is 12.2. The molecule has 0 saturated heterocycles. The van der Waals surface area contributed by atoms with E-state index in [-0.39, 0.29) is 0 Å². The van der Waals surface area contributed by atoms with E-state index >= 15 is 0 Å². The van der Waals surface area contributed by atoms with E-state index in [1.165, 1.54) is 0 Å². The van der Waals surface area contributed by atoms with Gasteiger partial charge in [-0.25, -0.2) is 0 Å². The summed E-state index contributed by atoms with van der Waals surface area (Å²) >= 11 is 0. The molecule has 1 unspecified atom stereocenters. The van der Waals surface area contributed by atoms with E-state index in [0.29, 0.717) is 6.42 Å². The van der Waals surface area contributed by atoms with Crippen molar-refractivity contribution in [1.29, 1.82) is 0 Å². The molecule has 1 atom stereocenters. The van der Waals surface area contributed by atoms with Gasteiger partial charge in [0.1, 0.15) is 5.75 Å². The van der Waals surface area contributed by atoms with Crippen molar-refractivity contribution in [2.24, 2.45) is 11.5 Å². The van der Waals surface area contributed by atoms with E-state index < -0.39 is 11.9 Å². The van der Waals surface area contributed by atoms with E-state index in [1.807, 2.05) is 26.0 Å². The standard InChI is InChI=1S/C12H18N2O2/c1-7-4-9(6-10(13)12(14)15)11(16-3)5-8(7)2/h4-5,10H,6,13H2,1-3H3,(H2,14,15). The van der Waals surface area contributed by atoms with Crippen LogP contribution in [0.25, 0.3) is 0 Å². The summed E-state index contributed by atoms with van der Waals surface area (Å²) in [7, 11) is 1.60. The molecule has 88 valence electrons. The third-order valence-corrected chi connectivity index (χ3v) is 2.70. The Kier molecular flexibility index (Phi) is 3.90. The molecule has 4 nitrogen and oxygen atoms in total. The van der Waals surface area contributed by atoms with Gasteiger partial charge in [0.15, 0.2) is 0 Å². The molecule has 0 saturated carbocycles. The lowest BCUT2D eigenvalue weighted by Crippen LogP contribution is -2.38. The first-order chi connectivity index (χ1) is 7.45. The fourth-order valence-corrected chi connectivity index (χ4v) is 1.54. The molecule has 0 aliphatic rings.